The van der Waals surface area contributed by atoms with Crippen LogP contribution in [-0.2, 0) is 0 Å². The Bertz CT molecular complexity index is 128. The zero-order valence-corrected chi connectivity index (χ0v) is 4.02. The fourth-order valence-electron chi connectivity index (χ4n) is 0.143. The summed E-state index contributed by atoms with van der Waals surface area (Å²) in [6, 6.07) is 0. The van der Waals surface area contributed by atoms with E-state index in [0.29, 0.717) is 0 Å². The van der Waals surface area contributed by atoms with E-state index in [9.17, 15) is 10.1 Å². The Kier molecular flexibility index (Phi) is 3.13. The summed E-state index contributed by atoms with van der Waals surface area (Å²) in [5, 5.41) is 11.3. The predicted octanol–water partition coefficient (Wildman–Crippen LogP) is -0.279. The molecule has 0 aromatic rings. The number of hydrogen-bond acceptors (Lipinski definition) is 3. The number of rotatable bonds is 2. The molecule has 0 amide bonds. The summed E-state index contributed by atoms with van der Waals surface area (Å²) >= 11 is 0. The van der Waals surface area contributed by atoms with Crippen LogP contribution in [0, 0.1) is 10.1 Å². The van der Waals surface area contributed by atoms with Gasteiger partial charge in [0.25, 0.3) is 0 Å². The molecular weight excluding hydrogens is 110 g/mol. The lowest BCUT2D eigenvalue weighted by Crippen LogP contribution is -1.84. The molecule has 0 rings (SSSR count). The molecule has 2 N–H and O–H groups in total. The van der Waals surface area contributed by atoms with Crippen LogP contribution in [0.25, 0.3) is 0 Å². The first-order chi connectivity index (χ1) is 3.77. The van der Waals surface area contributed by atoms with Gasteiger partial charge in [-0.3, -0.25) is 0 Å². The largest absolute Gasteiger partial charge is 0.405 e. The van der Waals surface area contributed by atoms with Gasteiger partial charge in [-0.25, -0.2) is 10.1 Å². The van der Waals surface area contributed by atoms with Gasteiger partial charge in [-0.1, -0.05) is 0 Å². The van der Waals surface area contributed by atoms with E-state index in [-0.39, 0.29) is 0 Å². The van der Waals surface area contributed by atoms with Crippen molar-refractivity contribution in [1.29, 1.82) is 0 Å². The first kappa shape index (κ1) is 6.61. The van der Waals surface area contributed by atoms with E-state index in [1.54, 1.807) is 0 Å². The molecule has 0 atom stereocenters. The highest BCUT2D eigenvalue weighted by Gasteiger charge is 1.78. The van der Waals surface area contributed by atoms with Gasteiger partial charge < -0.3 is 5.73 Å². The van der Waals surface area contributed by atoms with Crippen LogP contribution in [0.15, 0.2) is 17.4 Å². The van der Waals surface area contributed by atoms with Crippen LogP contribution in [0.5, 0.6) is 0 Å². The average Bonchev–Trinajstić information content (AvgIpc) is 1.66. The maximum Gasteiger partial charge on any atom is 0.190 e. The SMILES string of the molecule is N/C=C/C=N/[N+](=O)[O-]. The Hall–Kier alpha value is -1.39. The van der Waals surface area contributed by atoms with Crippen molar-refractivity contribution < 1.29 is 5.03 Å². The maximum absolute atomic E-state index is 9.41. The molecule has 0 aliphatic rings. The van der Waals surface area contributed by atoms with Gasteiger partial charge in [0.2, 0.25) is 0 Å². The molecule has 0 saturated heterocycles. The standard InChI is InChI=1S/C3H5N3O2/c4-2-1-3-5-6(7)8/h1-3H,4H2/b2-1+,5-3+. The molecule has 0 spiro atoms. The zero-order valence-electron chi connectivity index (χ0n) is 4.02. The Morgan fingerprint density at radius 2 is 2.38 bits per heavy atom. The van der Waals surface area contributed by atoms with E-state index in [4.69, 9.17) is 5.73 Å². The topological polar surface area (TPSA) is 81.5 Å². The van der Waals surface area contributed by atoms with E-state index in [2.05, 4.69) is 5.10 Å². The lowest BCUT2D eigenvalue weighted by molar-refractivity contribution is -0.484. The first-order valence-corrected chi connectivity index (χ1v) is 1.82. The summed E-state index contributed by atoms with van der Waals surface area (Å²) in [5.74, 6) is 0. The molecule has 0 aliphatic heterocycles. The lowest BCUT2D eigenvalue weighted by atomic mass is 10.7. The molecule has 5 nitrogen and oxygen atoms in total. The Morgan fingerprint density at radius 1 is 1.75 bits per heavy atom. The highest BCUT2D eigenvalue weighted by Crippen LogP contribution is 1.65. The van der Waals surface area contributed by atoms with Crippen LogP contribution in [0.1, 0.15) is 0 Å². The van der Waals surface area contributed by atoms with Crippen molar-refractivity contribution in [2.45, 2.75) is 0 Å². The molecule has 0 saturated carbocycles. The summed E-state index contributed by atoms with van der Waals surface area (Å²) in [6.07, 6.45) is 3.43. The summed E-state index contributed by atoms with van der Waals surface area (Å²) < 4.78 is 0. The van der Waals surface area contributed by atoms with Crippen LogP contribution in [0.3, 0.4) is 0 Å². The van der Waals surface area contributed by atoms with Gasteiger partial charge in [-0.15, -0.1) is 0 Å². The molecule has 8 heavy (non-hydrogen) atoms. The van der Waals surface area contributed by atoms with Crippen LogP contribution in [-0.4, -0.2) is 11.2 Å². The highest BCUT2D eigenvalue weighted by molar-refractivity contribution is 5.69. The molecular formula is C3H5N3O2. The predicted molar refractivity (Wildman–Crippen MR) is 28.8 cm³/mol. The Labute approximate surface area is 45.6 Å². The lowest BCUT2D eigenvalue weighted by Gasteiger charge is -1.69. The maximum atomic E-state index is 9.41. The summed E-state index contributed by atoms with van der Waals surface area (Å²) in [4.78, 5) is 9.41. The van der Waals surface area contributed by atoms with Crippen molar-refractivity contribution in [2.75, 3.05) is 0 Å². The van der Waals surface area contributed by atoms with Gasteiger partial charge in [0.05, 0.1) is 5.10 Å². The van der Waals surface area contributed by atoms with Crippen molar-refractivity contribution in [3.8, 4) is 0 Å². The molecule has 5 heteroatoms. The Balaban J connectivity index is 3.50. The second-order valence-electron chi connectivity index (χ2n) is 0.887. The van der Waals surface area contributed by atoms with Crippen LogP contribution in [0.4, 0.5) is 0 Å². The van der Waals surface area contributed by atoms with Crippen molar-refractivity contribution in [3.05, 3.63) is 22.4 Å². The number of nitro groups is 1. The van der Waals surface area contributed by atoms with Crippen LogP contribution < -0.4 is 5.73 Å². The van der Waals surface area contributed by atoms with Crippen LogP contribution in [0.2, 0.25) is 0 Å². The molecule has 44 valence electrons. The number of nitrogens with two attached hydrogens (primary N) is 1. The molecule has 0 fully saturated rings. The van der Waals surface area contributed by atoms with Crippen molar-refractivity contribution in [1.82, 2.24) is 0 Å². The van der Waals surface area contributed by atoms with Crippen molar-refractivity contribution >= 4 is 6.21 Å². The first-order valence-electron chi connectivity index (χ1n) is 1.82. The third-order valence-corrected chi connectivity index (χ3v) is 0.358. The van der Waals surface area contributed by atoms with E-state index in [1.807, 2.05) is 0 Å². The van der Waals surface area contributed by atoms with E-state index < -0.39 is 5.03 Å². The Morgan fingerprint density at radius 3 is 2.75 bits per heavy atom. The molecule has 0 radical (unpaired) electrons. The molecule has 0 aromatic heterocycles. The van der Waals surface area contributed by atoms with E-state index in [1.165, 1.54) is 6.08 Å². The minimum Gasteiger partial charge on any atom is -0.405 e. The second-order valence-corrected chi connectivity index (χ2v) is 0.887. The van der Waals surface area contributed by atoms with Crippen molar-refractivity contribution in [3.63, 3.8) is 0 Å². The summed E-state index contributed by atoms with van der Waals surface area (Å²) in [6.45, 7) is 0. The number of nitrogens with zero attached hydrogens (tertiary/aromatic N) is 2. The third-order valence-electron chi connectivity index (χ3n) is 0.358. The van der Waals surface area contributed by atoms with Gasteiger partial charge in [-0.2, -0.15) is 0 Å². The van der Waals surface area contributed by atoms with Gasteiger partial charge in [0.15, 0.2) is 5.03 Å². The summed E-state index contributed by atoms with van der Waals surface area (Å²) in [7, 11) is 0. The number of hydrazone groups is 1. The fraction of sp³-hybridized carbons (Fsp3) is 0. The number of allylic oxidation sites excluding steroid dienone is 1. The van der Waals surface area contributed by atoms with Crippen LogP contribution >= 0.6 is 0 Å². The van der Waals surface area contributed by atoms with Gasteiger partial charge in [-0.05, 0) is 12.3 Å². The van der Waals surface area contributed by atoms with E-state index in [0.717, 1.165) is 12.4 Å². The minimum atomic E-state index is -0.806. The zero-order chi connectivity index (χ0) is 6.41. The van der Waals surface area contributed by atoms with Gasteiger partial charge in [0, 0.05) is 0 Å². The molecule has 0 heterocycles. The summed E-state index contributed by atoms with van der Waals surface area (Å²) in [5.41, 5.74) is 4.82. The van der Waals surface area contributed by atoms with Gasteiger partial charge >= 0.3 is 0 Å². The number of hydrogen-bond donors (Lipinski definition) is 1. The molecule has 0 unspecified atom stereocenters. The van der Waals surface area contributed by atoms with Crippen molar-refractivity contribution in [2.24, 2.45) is 10.8 Å². The minimum absolute atomic E-state index is 0.806. The highest BCUT2D eigenvalue weighted by atomic mass is 16.7. The van der Waals surface area contributed by atoms with Gasteiger partial charge in [0.1, 0.15) is 6.21 Å². The quantitative estimate of drug-likeness (QED) is 0.305. The monoisotopic (exact) mass is 115 g/mol. The molecule has 0 aliphatic carbocycles. The average molecular weight is 115 g/mol. The molecule has 0 aromatic carbocycles. The third kappa shape index (κ3) is 4.61. The fourth-order valence-corrected chi connectivity index (χ4v) is 0.143. The molecule has 0 bridgehead atoms. The van der Waals surface area contributed by atoms with E-state index >= 15 is 0 Å². The normalized spacial score (nSPS) is 11.0. The smallest absolute Gasteiger partial charge is 0.190 e. The second kappa shape index (κ2) is 3.79.